The summed E-state index contributed by atoms with van der Waals surface area (Å²) >= 11 is 0. The second kappa shape index (κ2) is 12.0. The average Bonchev–Trinajstić information content (AvgIpc) is 2.98. The Morgan fingerprint density at radius 1 is 0.795 bits per heavy atom. The van der Waals surface area contributed by atoms with Crippen molar-refractivity contribution in [1.29, 1.82) is 0 Å². The van der Waals surface area contributed by atoms with Crippen LogP contribution in [0.2, 0.25) is 0 Å². The predicted molar refractivity (Wildman–Crippen MR) is 149 cm³/mol. The molecule has 5 rings (SSSR count). The van der Waals surface area contributed by atoms with Crippen molar-refractivity contribution >= 4 is 28.8 Å². The van der Waals surface area contributed by atoms with Gasteiger partial charge in [-0.25, -0.2) is 0 Å². The van der Waals surface area contributed by atoms with E-state index in [4.69, 9.17) is 19.3 Å². The van der Waals surface area contributed by atoms with Crippen LogP contribution in [0.3, 0.4) is 0 Å². The molecule has 0 unspecified atom stereocenters. The van der Waals surface area contributed by atoms with Gasteiger partial charge in [0, 0.05) is 42.6 Å². The van der Waals surface area contributed by atoms with Gasteiger partial charge in [0.05, 0.1) is 6.61 Å². The zero-order valence-electron chi connectivity index (χ0n) is 21.5. The number of esters is 2. The lowest BCUT2D eigenvalue weighted by Crippen LogP contribution is -2.34. The lowest BCUT2D eigenvalue weighted by atomic mass is 9.83. The predicted octanol–water partition coefficient (Wildman–Crippen LogP) is 6.19. The van der Waals surface area contributed by atoms with E-state index >= 15 is 0 Å². The molecule has 0 spiro atoms. The standard InChI is InChI=1S/C33H30O6/c34-21-8-22-37-31(35)13-7-14-32(36)38-27-17-15-24-16-18-30-28(29(24)23-27)19-20-33(39-30,25-9-3-1-4-10-25)26-11-5-2-6-12-26/h1-6,9-12,15-20,23,34H,7-8,13-14,21-22H2. The minimum Gasteiger partial charge on any atom is -0.473 e. The van der Waals surface area contributed by atoms with E-state index in [-0.39, 0.29) is 32.0 Å². The summed E-state index contributed by atoms with van der Waals surface area (Å²) in [5, 5.41) is 10.7. The molecule has 0 aliphatic carbocycles. The van der Waals surface area contributed by atoms with E-state index in [1.165, 1.54) is 0 Å². The van der Waals surface area contributed by atoms with E-state index in [0.717, 1.165) is 33.2 Å². The third kappa shape index (κ3) is 5.86. The quantitative estimate of drug-likeness (QED) is 0.152. The fourth-order valence-corrected chi connectivity index (χ4v) is 4.77. The van der Waals surface area contributed by atoms with Crippen LogP contribution in [0.1, 0.15) is 42.4 Å². The van der Waals surface area contributed by atoms with Crippen molar-refractivity contribution in [3.05, 3.63) is 114 Å². The smallest absolute Gasteiger partial charge is 0.311 e. The number of aliphatic hydroxyl groups is 1. The summed E-state index contributed by atoms with van der Waals surface area (Å²) in [6, 6.07) is 29.8. The largest absolute Gasteiger partial charge is 0.473 e. The van der Waals surface area contributed by atoms with Crippen LogP contribution >= 0.6 is 0 Å². The molecular formula is C33H30O6. The molecule has 0 radical (unpaired) electrons. The summed E-state index contributed by atoms with van der Waals surface area (Å²) in [6.07, 6.45) is 5.11. The van der Waals surface area contributed by atoms with E-state index in [1.807, 2.05) is 60.7 Å². The maximum atomic E-state index is 12.4. The van der Waals surface area contributed by atoms with Gasteiger partial charge in [-0.15, -0.1) is 0 Å². The van der Waals surface area contributed by atoms with Crippen LogP contribution < -0.4 is 9.47 Å². The van der Waals surface area contributed by atoms with Crippen LogP contribution in [0, 0.1) is 0 Å². The molecule has 0 saturated carbocycles. The molecule has 1 aliphatic rings. The average molecular weight is 523 g/mol. The number of hydrogen-bond donors (Lipinski definition) is 1. The first kappa shape index (κ1) is 26.2. The number of benzene rings is 4. The SMILES string of the molecule is O=C(CCCC(=O)Oc1ccc2ccc3c(c2c1)C=CC(c1ccccc1)(c1ccccc1)O3)OCCCO. The molecule has 1 N–H and O–H groups in total. The molecule has 0 fully saturated rings. The summed E-state index contributed by atoms with van der Waals surface area (Å²) in [7, 11) is 0. The molecule has 6 nitrogen and oxygen atoms in total. The van der Waals surface area contributed by atoms with Gasteiger partial charge in [0.15, 0.2) is 5.60 Å². The van der Waals surface area contributed by atoms with Gasteiger partial charge in [0.2, 0.25) is 0 Å². The van der Waals surface area contributed by atoms with Crippen molar-refractivity contribution in [1.82, 2.24) is 0 Å². The Labute approximate surface area is 227 Å². The number of rotatable bonds is 10. The van der Waals surface area contributed by atoms with Gasteiger partial charge in [-0.05, 0) is 47.5 Å². The van der Waals surface area contributed by atoms with Gasteiger partial charge in [0.25, 0.3) is 0 Å². The summed E-state index contributed by atoms with van der Waals surface area (Å²) < 4.78 is 17.3. The Balaban J connectivity index is 1.35. The number of aliphatic hydroxyl groups excluding tert-OH is 1. The number of fused-ring (bicyclic) bond motifs is 3. The second-order valence-electron chi connectivity index (χ2n) is 9.39. The number of ether oxygens (including phenoxy) is 3. The summed E-state index contributed by atoms with van der Waals surface area (Å²) in [5.41, 5.74) is 2.20. The maximum Gasteiger partial charge on any atom is 0.311 e. The Morgan fingerprint density at radius 2 is 1.46 bits per heavy atom. The first-order chi connectivity index (χ1) is 19.1. The molecule has 0 atom stereocenters. The molecule has 0 amide bonds. The molecule has 6 heteroatoms. The Bertz CT molecular complexity index is 1440. The van der Waals surface area contributed by atoms with Crippen molar-refractivity contribution in [2.45, 2.75) is 31.3 Å². The van der Waals surface area contributed by atoms with Gasteiger partial charge < -0.3 is 19.3 Å². The van der Waals surface area contributed by atoms with Crippen molar-refractivity contribution in [3.63, 3.8) is 0 Å². The summed E-state index contributed by atoms with van der Waals surface area (Å²) in [5.74, 6) is 0.368. The van der Waals surface area contributed by atoms with Gasteiger partial charge in [-0.2, -0.15) is 0 Å². The van der Waals surface area contributed by atoms with E-state index in [2.05, 4.69) is 36.4 Å². The molecule has 1 heterocycles. The van der Waals surface area contributed by atoms with Crippen LogP contribution in [0.15, 0.2) is 97.1 Å². The number of hydrogen-bond acceptors (Lipinski definition) is 6. The molecule has 39 heavy (non-hydrogen) atoms. The highest BCUT2D eigenvalue weighted by molar-refractivity contribution is 5.95. The van der Waals surface area contributed by atoms with Crippen molar-refractivity contribution in [2.75, 3.05) is 13.2 Å². The monoisotopic (exact) mass is 522 g/mol. The Morgan fingerprint density at radius 3 is 2.15 bits per heavy atom. The normalized spacial score (nSPS) is 13.4. The van der Waals surface area contributed by atoms with Crippen LogP contribution in [0.25, 0.3) is 16.8 Å². The number of carbonyl (C=O) groups is 2. The molecular weight excluding hydrogens is 492 g/mol. The summed E-state index contributed by atoms with van der Waals surface area (Å²) in [6.45, 7) is 0.147. The fraction of sp³-hybridized carbons (Fsp3) is 0.212. The minimum absolute atomic E-state index is 0.0303. The highest BCUT2D eigenvalue weighted by Gasteiger charge is 2.37. The molecule has 4 aromatic carbocycles. The van der Waals surface area contributed by atoms with Crippen LogP contribution in [0.5, 0.6) is 11.5 Å². The second-order valence-corrected chi connectivity index (χ2v) is 9.39. The third-order valence-electron chi connectivity index (χ3n) is 6.71. The maximum absolute atomic E-state index is 12.4. The van der Waals surface area contributed by atoms with E-state index in [0.29, 0.717) is 18.6 Å². The van der Waals surface area contributed by atoms with Gasteiger partial charge in [-0.1, -0.05) is 72.8 Å². The van der Waals surface area contributed by atoms with Crippen LogP contribution in [0.4, 0.5) is 0 Å². The fourth-order valence-electron chi connectivity index (χ4n) is 4.77. The van der Waals surface area contributed by atoms with E-state index < -0.39 is 11.6 Å². The lowest BCUT2D eigenvalue weighted by molar-refractivity contribution is -0.144. The number of carbonyl (C=O) groups excluding carboxylic acids is 2. The van der Waals surface area contributed by atoms with Crippen molar-refractivity contribution in [3.8, 4) is 11.5 Å². The molecule has 0 aromatic heterocycles. The Kier molecular flexibility index (Phi) is 8.04. The van der Waals surface area contributed by atoms with E-state index in [1.54, 1.807) is 6.07 Å². The lowest BCUT2D eigenvalue weighted by Gasteiger charge is -2.36. The van der Waals surface area contributed by atoms with Crippen LogP contribution in [-0.4, -0.2) is 30.3 Å². The topological polar surface area (TPSA) is 82.1 Å². The Hall–Kier alpha value is -4.42. The molecule has 0 saturated heterocycles. The van der Waals surface area contributed by atoms with Crippen molar-refractivity contribution < 1.29 is 28.9 Å². The molecule has 198 valence electrons. The molecule has 4 aromatic rings. The highest BCUT2D eigenvalue weighted by Crippen LogP contribution is 2.44. The minimum atomic E-state index is -0.771. The zero-order chi connectivity index (χ0) is 27.1. The molecule has 0 bridgehead atoms. The first-order valence-electron chi connectivity index (χ1n) is 13.1. The van der Waals surface area contributed by atoms with Crippen molar-refractivity contribution in [2.24, 2.45) is 0 Å². The van der Waals surface area contributed by atoms with Gasteiger partial charge in [-0.3, -0.25) is 9.59 Å². The summed E-state index contributed by atoms with van der Waals surface area (Å²) in [4.78, 5) is 24.1. The van der Waals surface area contributed by atoms with Gasteiger partial charge >= 0.3 is 11.9 Å². The first-order valence-corrected chi connectivity index (χ1v) is 13.1. The van der Waals surface area contributed by atoms with Gasteiger partial charge in [0.1, 0.15) is 11.5 Å². The van der Waals surface area contributed by atoms with Crippen LogP contribution in [-0.2, 0) is 19.9 Å². The zero-order valence-corrected chi connectivity index (χ0v) is 21.5. The molecule has 1 aliphatic heterocycles. The highest BCUT2D eigenvalue weighted by atomic mass is 16.5. The van der Waals surface area contributed by atoms with E-state index in [9.17, 15) is 9.59 Å². The third-order valence-corrected chi connectivity index (χ3v) is 6.71.